The summed E-state index contributed by atoms with van der Waals surface area (Å²) in [6.45, 7) is 3.91. The van der Waals surface area contributed by atoms with Crippen molar-refractivity contribution >= 4 is 40.7 Å². The second-order valence-corrected chi connectivity index (χ2v) is 13.4. The van der Waals surface area contributed by atoms with Gasteiger partial charge in [0, 0.05) is 54.3 Å². The highest BCUT2D eigenvalue weighted by Crippen LogP contribution is 2.38. The highest BCUT2D eigenvalue weighted by Gasteiger charge is 2.40. The van der Waals surface area contributed by atoms with Crippen LogP contribution in [0, 0.1) is 6.92 Å². The monoisotopic (exact) mass is 678 g/mol. The van der Waals surface area contributed by atoms with E-state index in [9.17, 15) is 9.59 Å². The molecule has 3 aromatic carbocycles. The minimum Gasteiger partial charge on any atom is -0.333 e. The summed E-state index contributed by atoms with van der Waals surface area (Å²) in [5.41, 5.74) is 7.99. The molecule has 10 heteroatoms. The standard InChI is InChI=1S/C38H36Cl2N6O2/c1-25-21-44(24-42-25)22-27-4-2-6-32(18-27)43-38(48)34-23-45(16-17-46(34)35(47)19-26-7-11-30(39)12-8-26)37-33-14-13-31(40)20-29(33)10-9-28-5-3-15-41-36(28)37/h2-8,11-15,18,20-21,24,34,37H,9-10,16-17,19,22-23H2,1H3,(H,43,48). The Balaban J connectivity index is 1.19. The fraction of sp³-hybridized carbons (Fsp3) is 0.263. The number of aromatic nitrogens is 3. The summed E-state index contributed by atoms with van der Waals surface area (Å²) in [6, 6.07) is 24.3. The molecule has 1 fully saturated rings. The number of benzene rings is 3. The maximum atomic E-state index is 14.3. The maximum absolute atomic E-state index is 14.3. The highest BCUT2D eigenvalue weighted by atomic mass is 35.5. The van der Waals surface area contributed by atoms with Crippen molar-refractivity contribution < 1.29 is 9.59 Å². The number of amides is 2. The van der Waals surface area contributed by atoms with E-state index in [1.807, 2.05) is 78.5 Å². The quantitative estimate of drug-likeness (QED) is 0.212. The molecule has 0 spiro atoms. The Morgan fingerprint density at radius 2 is 1.69 bits per heavy atom. The van der Waals surface area contributed by atoms with Crippen molar-refractivity contribution in [2.75, 3.05) is 25.0 Å². The third kappa shape index (κ3) is 7.02. The summed E-state index contributed by atoms with van der Waals surface area (Å²) in [6.07, 6.45) is 7.50. The number of rotatable bonds is 7. The average Bonchev–Trinajstić information content (AvgIpc) is 3.42. The molecule has 48 heavy (non-hydrogen) atoms. The summed E-state index contributed by atoms with van der Waals surface area (Å²) in [7, 11) is 0. The van der Waals surface area contributed by atoms with Gasteiger partial charge < -0.3 is 14.8 Å². The van der Waals surface area contributed by atoms with Gasteiger partial charge in [0.2, 0.25) is 11.8 Å². The second kappa shape index (κ2) is 13.9. The van der Waals surface area contributed by atoms with Gasteiger partial charge in [0.05, 0.1) is 30.2 Å². The average molecular weight is 680 g/mol. The van der Waals surface area contributed by atoms with E-state index >= 15 is 0 Å². The van der Waals surface area contributed by atoms with Crippen molar-refractivity contribution in [3.05, 3.63) is 147 Å². The second-order valence-electron chi connectivity index (χ2n) is 12.6. The molecule has 2 aliphatic rings. The third-order valence-corrected chi connectivity index (χ3v) is 9.73. The van der Waals surface area contributed by atoms with Gasteiger partial charge in [-0.15, -0.1) is 0 Å². The molecule has 0 bridgehead atoms. The molecule has 2 amide bonds. The predicted molar refractivity (Wildman–Crippen MR) is 188 cm³/mol. The number of carbonyl (C=O) groups excluding carboxylic acids is 2. The summed E-state index contributed by atoms with van der Waals surface area (Å²) < 4.78 is 2.01. The number of aryl methyl sites for hydroxylation is 3. The van der Waals surface area contributed by atoms with Crippen LogP contribution in [0.3, 0.4) is 0 Å². The van der Waals surface area contributed by atoms with E-state index in [0.717, 1.165) is 40.9 Å². The van der Waals surface area contributed by atoms with Gasteiger partial charge in [-0.3, -0.25) is 19.5 Å². The van der Waals surface area contributed by atoms with Crippen LogP contribution in [-0.4, -0.2) is 61.8 Å². The molecule has 1 aliphatic heterocycles. The first-order chi connectivity index (χ1) is 23.3. The lowest BCUT2D eigenvalue weighted by molar-refractivity contribution is -0.142. The number of piperazine rings is 1. The number of pyridine rings is 1. The van der Waals surface area contributed by atoms with Crippen LogP contribution in [-0.2, 0) is 35.4 Å². The van der Waals surface area contributed by atoms with Gasteiger partial charge in [-0.05, 0) is 90.0 Å². The van der Waals surface area contributed by atoms with Gasteiger partial charge >= 0.3 is 0 Å². The Hall–Kier alpha value is -4.50. The lowest BCUT2D eigenvalue weighted by atomic mass is 9.95. The summed E-state index contributed by atoms with van der Waals surface area (Å²) in [5.74, 6) is -0.334. The molecular weight excluding hydrogens is 643 g/mol. The number of nitrogens with zero attached hydrogens (tertiary/aromatic N) is 5. The molecule has 2 atom stereocenters. The summed E-state index contributed by atoms with van der Waals surface area (Å²) >= 11 is 12.6. The van der Waals surface area contributed by atoms with Gasteiger partial charge in [-0.2, -0.15) is 0 Å². The van der Waals surface area contributed by atoms with E-state index in [-0.39, 0.29) is 24.3 Å². The molecule has 3 heterocycles. The normalized spacial score (nSPS) is 17.7. The first kappa shape index (κ1) is 32.1. The van der Waals surface area contributed by atoms with Crippen LogP contribution in [0.25, 0.3) is 0 Å². The van der Waals surface area contributed by atoms with Crippen molar-refractivity contribution in [2.45, 2.75) is 44.8 Å². The zero-order valence-corrected chi connectivity index (χ0v) is 28.2. The van der Waals surface area contributed by atoms with Crippen LogP contribution in [0.15, 0.2) is 97.6 Å². The van der Waals surface area contributed by atoms with E-state index in [2.05, 4.69) is 27.3 Å². The Morgan fingerprint density at radius 1 is 0.875 bits per heavy atom. The molecule has 0 radical (unpaired) electrons. The van der Waals surface area contributed by atoms with Crippen molar-refractivity contribution in [3.8, 4) is 0 Å². The van der Waals surface area contributed by atoms with Crippen LogP contribution in [0.4, 0.5) is 5.69 Å². The summed E-state index contributed by atoms with van der Waals surface area (Å²) in [4.78, 5) is 41.4. The van der Waals surface area contributed by atoms with Crippen molar-refractivity contribution in [1.29, 1.82) is 0 Å². The largest absolute Gasteiger partial charge is 0.333 e. The molecule has 2 unspecified atom stereocenters. The number of hydrogen-bond donors (Lipinski definition) is 1. The van der Waals surface area contributed by atoms with E-state index in [1.165, 1.54) is 11.1 Å². The number of imidazole rings is 1. The van der Waals surface area contributed by atoms with Crippen LogP contribution >= 0.6 is 23.2 Å². The number of halogens is 2. The Morgan fingerprint density at radius 3 is 2.50 bits per heavy atom. The predicted octanol–water partition coefficient (Wildman–Crippen LogP) is 6.52. The van der Waals surface area contributed by atoms with E-state index in [0.29, 0.717) is 41.9 Å². The number of carbonyl (C=O) groups is 2. The molecule has 5 aromatic rings. The number of anilines is 1. The highest BCUT2D eigenvalue weighted by molar-refractivity contribution is 6.30. The lowest BCUT2D eigenvalue weighted by Crippen LogP contribution is -2.60. The molecule has 1 aliphatic carbocycles. The van der Waals surface area contributed by atoms with Gasteiger partial charge in [0.1, 0.15) is 6.04 Å². The van der Waals surface area contributed by atoms with Crippen LogP contribution < -0.4 is 5.32 Å². The minimum absolute atomic E-state index is 0.104. The fourth-order valence-electron chi connectivity index (χ4n) is 6.93. The van der Waals surface area contributed by atoms with E-state index in [1.54, 1.807) is 23.4 Å². The Labute approximate surface area is 290 Å². The SMILES string of the molecule is Cc1cn(Cc2cccc(NC(=O)C3CN(C4c5ccc(Cl)cc5CCc5cccnc54)CCN3C(=O)Cc3ccc(Cl)cc3)c2)cn1. The molecule has 1 N–H and O–H groups in total. The van der Waals surface area contributed by atoms with Crippen LogP contribution in [0.5, 0.6) is 0 Å². The fourth-order valence-corrected chi connectivity index (χ4v) is 7.26. The molecule has 0 saturated carbocycles. The topological polar surface area (TPSA) is 83.4 Å². The number of nitrogens with one attached hydrogen (secondary N) is 1. The van der Waals surface area contributed by atoms with Gasteiger partial charge in [-0.1, -0.05) is 59.6 Å². The first-order valence-corrected chi connectivity index (χ1v) is 16.9. The maximum Gasteiger partial charge on any atom is 0.248 e. The Bertz CT molecular complexity index is 1960. The molecule has 244 valence electrons. The Kier molecular flexibility index (Phi) is 9.30. The smallest absolute Gasteiger partial charge is 0.248 e. The molecule has 1 saturated heterocycles. The van der Waals surface area contributed by atoms with Gasteiger partial charge in [-0.25, -0.2) is 4.98 Å². The van der Waals surface area contributed by atoms with E-state index in [4.69, 9.17) is 28.2 Å². The zero-order chi connectivity index (χ0) is 33.2. The zero-order valence-electron chi connectivity index (χ0n) is 26.7. The number of fused-ring (bicyclic) bond motifs is 2. The first-order valence-electron chi connectivity index (χ1n) is 16.2. The van der Waals surface area contributed by atoms with Crippen LogP contribution in [0.1, 0.15) is 45.2 Å². The van der Waals surface area contributed by atoms with Crippen LogP contribution in [0.2, 0.25) is 10.0 Å². The minimum atomic E-state index is -0.732. The van der Waals surface area contributed by atoms with E-state index < -0.39 is 6.04 Å². The van der Waals surface area contributed by atoms with Gasteiger partial charge in [0.15, 0.2) is 0 Å². The summed E-state index contributed by atoms with van der Waals surface area (Å²) in [5, 5.41) is 4.46. The van der Waals surface area contributed by atoms with Gasteiger partial charge in [0.25, 0.3) is 0 Å². The van der Waals surface area contributed by atoms with Crippen molar-refractivity contribution in [1.82, 2.24) is 24.3 Å². The molecule has 8 nitrogen and oxygen atoms in total. The number of hydrogen-bond acceptors (Lipinski definition) is 5. The molecule has 7 rings (SSSR count). The lowest BCUT2D eigenvalue weighted by Gasteiger charge is -2.44. The van der Waals surface area contributed by atoms with Crippen molar-refractivity contribution in [2.24, 2.45) is 0 Å². The van der Waals surface area contributed by atoms with Crippen molar-refractivity contribution in [3.63, 3.8) is 0 Å². The molecule has 2 aromatic heterocycles. The third-order valence-electron chi connectivity index (χ3n) is 9.24. The molecular formula is C38H36Cl2N6O2.